The SMILES string of the molecule is Cc1ccc([C@@H](N)CS(C)(=O)=O)cc1C. The van der Waals surface area contributed by atoms with E-state index in [1.807, 2.05) is 32.0 Å². The molecular weight excluding hydrogens is 210 g/mol. The number of rotatable bonds is 3. The lowest BCUT2D eigenvalue weighted by Gasteiger charge is -2.12. The molecule has 15 heavy (non-hydrogen) atoms. The Morgan fingerprint density at radius 3 is 2.33 bits per heavy atom. The third-order valence-corrected chi connectivity index (χ3v) is 3.41. The summed E-state index contributed by atoms with van der Waals surface area (Å²) in [7, 11) is -3.02. The molecule has 0 radical (unpaired) electrons. The molecule has 0 aromatic heterocycles. The van der Waals surface area contributed by atoms with Crippen molar-refractivity contribution in [2.24, 2.45) is 5.73 Å². The van der Waals surface area contributed by atoms with Gasteiger partial charge in [-0.2, -0.15) is 0 Å². The molecule has 0 spiro atoms. The molecule has 4 heteroatoms. The fourth-order valence-corrected chi connectivity index (χ4v) is 2.26. The summed E-state index contributed by atoms with van der Waals surface area (Å²) in [6.45, 7) is 4.01. The Morgan fingerprint density at radius 2 is 1.87 bits per heavy atom. The second-order valence-corrected chi connectivity index (χ2v) is 6.23. The van der Waals surface area contributed by atoms with Crippen LogP contribution in [0.25, 0.3) is 0 Å². The first-order chi connectivity index (χ1) is 6.79. The van der Waals surface area contributed by atoms with E-state index in [1.54, 1.807) is 0 Å². The van der Waals surface area contributed by atoms with Crippen LogP contribution in [0.4, 0.5) is 0 Å². The second kappa shape index (κ2) is 4.33. The minimum Gasteiger partial charge on any atom is -0.323 e. The van der Waals surface area contributed by atoms with Gasteiger partial charge in [0.1, 0.15) is 9.84 Å². The molecule has 1 atom stereocenters. The Kier molecular flexibility index (Phi) is 3.52. The molecule has 0 fully saturated rings. The fraction of sp³-hybridized carbons (Fsp3) is 0.455. The molecule has 0 unspecified atom stereocenters. The highest BCUT2D eigenvalue weighted by Crippen LogP contribution is 2.16. The normalized spacial score (nSPS) is 13.9. The van der Waals surface area contributed by atoms with Gasteiger partial charge in [-0.05, 0) is 30.5 Å². The van der Waals surface area contributed by atoms with E-state index >= 15 is 0 Å². The molecular formula is C11H17NO2S. The van der Waals surface area contributed by atoms with Gasteiger partial charge in [0.2, 0.25) is 0 Å². The Labute approximate surface area is 91.2 Å². The average Bonchev–Trinajstić information content (AvgIpc) is 2.06. The van der Waals surface area contributed by atoms with Crippen LogP contribution in [0.15, 0.2) is 18.2 Å². The summed E-state index contributed by atoms with van der Waals surface area (Å²) < 4.78 is 22.2. The van der Waals surface area contributed by atoms with Crippen molar-refractivity contribution >= 4 is 9.84 Å². The molecule has 0 amide bonds. The number of benzene rings is 1. The molecule has 0 aliphatic heterocycles. The van der Waals surface area contributed by atoms with E-state index in [0.29, 0.717) is 0 Å². The maximum atomic E-state index is 11.1. The summed E-state index contributed by atoms with van der Waals surface area (Å²) in [4.78, 5) is 0. The van der Waals surface area contributed by atoms with Crippen LogP contribution in [0.3, 0.4) is 0 Å². The standard InChI is InChI=1S/C11H17NO2S/c1-8-4-5-10(6-9(8)2)11(12)7-15(3,13)14/h4-6,11H,7,12H2,1-3H3/t11-/m0/s1. The summed E-state index contributed by atoms with van der Waals surface area (Å²) in [6, 6.07) is 5.37. The van der Waals surface area contributed by atoms with Crippen LogP contribution in [-0.2, 0) is 9.84 Å². The minimum absolute atomic E-state index is 0.00446. The van der Waals surface area contributed by atoms with Gasteiger partial charge in [0.15, 0.2) is 0 Å². The van der Waals surface area contributed by atoms with Crippen molar-refractivity contribution in [1.29, 1.82) is 0 Å². The average molecular weight is 227 g/mol. The van der Waals surface area contributed by atoms with Gasteiger partial charge >= 0.3 is 0 Å². The minimum atomic E-state index is -3.02. The summed E-state index contributed by atoms with van der Waals surface area (Å²) in [5.74, 6) is -0.00446. The van der Waals surface area contributed by atoms with E-state index in [-0.39, 0.29) is 5.75 Å². The van der Waals surface area contributed by atoms with Crippen LogP contribution in [0.1, 0.15) is 22.7 Å². The van der Waals surface area contributed by atoms with Crippen molar-refractivity contribution in [3.8, 4) is 0 Å². The molecule has 0 heterocycles. The maximum absolute atomic E-state index is 11.1. The molecule has 0 aliphatic rings. The van der Waals surface area contributed by atoms with Crippen LogP contribution in [0.5, 0.6) is 0 Å². The van der Waals surface area contributed by atoms with Gasteiger partial charge in [0.25, 0.3) is 0 Å². The zero-order chi connectivity index (χ0) is 11.6. The first kappa shape index (κ1) is 12.2. The summed E-state index contributed by atoms with van der Waals surface area (Å²) in [5.41, 5.74) is 9.02. The number of nitrogens with two attached hydrogens (primary N) is 1. The lowest BCUT2D eigenvalue weighted by Crippen LogP contribution is -2.20. The molecule has 0 saturated heterocycles. The van der Waals surface area contributed by atoms with Crippen LogP contribution < -0.4 is 5.73 Å². The van der Waals surface area contributed by atoms with Gasteiger partial charge in [0.05, 0.1) is 5.75 Å². The van der Waals surface area contributed by atoms with Crippen LogP contribution in [0, 0.1) is 13.8 Å². The van der Waals surface area contributed by atoms with Crippen molar-refractivity contribution in [3.05, 3.63) is 34.9 Å². The molecule has 3 nitrogen and oxygen atoms in total. The van der Waals surface area contributed by atoms with Gasteiger partial charge in [-0.3, -0.25) is 0 Å². The van der Waals surface area contributed by atoms with Crippen LogP contribution in [-0.4, -0.2) is 20.4 Å². The number of hydrogen-bond donors (Lipinski definition) is 1. The Balaban J connectivity index is 2.92. The number of sulfone groups is 1. The van der Waals surface area contributed by atoms with E-state index in [9.17, 15) is 8.42 Å². The fourth-order valence-electron chi connectivity index (χ4n) is 1.42. The summed E-state index contributed by atoms with van der Waals surface area (Å²) >= 11 is 0. The summed E-state index contributed by atoms with van der Waals surface area (Å²) in [5, 5.41) is 0. The highest BCUT2D eigenvalue weighted by atomic mass is 32.2. The van der Waals surface area contributed by atoms with E-state index in [4.69, 9.17) is 5.73 Å². The first-order valence-corrected chi connectivity index (χ1v) is 6.86. The predicted octanol–water partition coefficient (Wildman–Crippen LogP) is 1.35. The van der Waals surface area contributed by atoms with Crippen molar-refractivity contribution in [2.45, 2.75) is 19.9 Å². The Morgan fingerprint density at radius 1 is 1.27 bits per heavy atom. The topological polar surface area (TPSA) is 60.2 Å². The van der Waals surface area contributed by atoms with Crippen molar-refractivity contribution in [1.82, 2.24) is 0 Å². The zero-order valence-corrected chi connectivity index (χ0v) is 10.1. The molecule has 0 aliphatic carbocycles. The third kappa shape index (κ3) is 3.64. The Hall–Kier alpha value is -0.870. The highest BCUT2D eigenvalue weighted by Gasteiger charge is 2.13. The van der Waals surface area contributed by atoms with Crippen molar-refractivity contribution < 1.29 is 8.42 Å². The quantitative estimate of drug-likeness (QED) is 0.848. The smallest absolute Gasteiger partial charge is 0.149 e. The lowest BCUT2D eigenvalue weighted by atomic mass is 10.0. The number of hydrogen-bond acceptors (Lipinski definition) is 3. The molecule has 1 aromatic carbocycles. The molecule has 1 rings (SSSR count). The van der Waals surface area contributed by atoms with Crippen LogP contribution >= 0.6 is 0 Å². The van der Waals surface area contributed by atoms with E-state index in [0.717, 1.165) is 11.1 Å². The monoisotopic (exact) mass is 227 g/mol. The van der Waals surface area contributed by atoms with Crippen LogP contribution in [0.2, 0.25) is 0 Å². The largest absolute Gasteiger partial charge is 0.323 e. The highest BCUT2D eigenvalue weighted by molar-refractivity contribution is 7.90. The van der Waals surface area contributed by atoms with Gasteiger partial charge in [-0.1, -0.05) is 18.2 Å². The van der Waals surface area contributed by atoms with Gasteiger partial charge < -0.3 is 5.73 Å². The molecule has 0 bridgehead atoms. The first-order valence-electron chi connectivity index (χ1n) is 4.80. The third-order valence-electron chi connectivity index (χ3n) is 2.44. The van der Waals surface area contributed by atoms with E-state index < -0.39 is 15.9 Å². The zero-order valence-electron chi connectivity index (χ0n) is 9.32. The van der Waals surface area contributed by atoms with E-state index in [2.05, 4.69) is 0 Å². The molecule has 84 valence electrons. The molecule has 1 aromatic rings. The Bertz CT molecular complexity index is 452. The summed E-state index contributed by atoms with van der Waals surface area (Å²) in [6.07, 6.45) is 1.20. The van der Waals surface area contributed by atoms with Crippen molar-refractivity contribution in [2.75, 3.05) is 12.0 Å². The van der Waals surface area contributed by atoms with Gasteiger partial charge in [-0.15, -0.1) is 0 Å². The van der Waals surface area contributed by atoms with Gasteiger partial charge in [-0.25, -0.2) is 8.42 Å². The lowest BCUT2D eigenvalue weighted by molar-refractivity contribution is 0.594. The van der Waals surface area contributed by atoms with E-state index in [1.165, 1.54) is 11.8 Å². The number of aryl methyl sites for hydroxylation is 2. The predicted molar refractivity (Wildman–Crippen MR) is 62.6 cm³/mol. The molecule has 2 N–H and O–H groups in total. The van der Waals surface area contributed by atoms with Gasteiger partial charge in [0, 0.05) is 12.3 Å². The maximum Gasteiger partial charge on any atom is 0.149 e. The van der Waals surface area contributed by atoms with Crippen molar-refractivity contribution in [3.63, 3.8) is 0 Å². The second-order valence-electron chi connectivity index (χ2n) is 4.04. The molecule has 0 saturated carbocycles.